The molecule has 0 unspecified atom stereocenters. The van der Waals surface area contributed by atoms with Gasteiger partial charge in [-0.2, -0.15) is 5.10 Å². The maximum Gasteiger partial charge on any atom is 0.313 e. The predicted molar refractivity (Wildman–Crippen MR) is 80.9 cm³/mol. The number of aliphatic carboxylic acids is 1. The molecule has 21 heavy (non-hydrogen) atoms. The van der Waals surface area contributed by atoms with Crippen molar-refractivity contribution in [3.8, 4) is 5.69 Å². The van der Waals surface area contributed by atoms with Crippen LogP contribution in [0, 0.1) is 6.92 Å². The second-order valence-corrected chi connectivity index (χ2v) is 5.72. The van der Waals surface area contributed by atoms with Gasteiger partial charge in [-0.15, -0.1) is 0 Å². The molecule has 0 radical (unpaired) electrons. The first kappa shape index (κ1) is 13.7. The van der Waals surface area contributed by atoms with Crippen molar-refractivity contribution in [2.24, 2.45) is 7.05 Å². The Bertz CT molecular complexity index is 822. The fourth-order valence-electron chi connectivity index (χ4n) is 2.16. The molecule has 1 N–H and O–H groups in total. The second-order valence-electron chi connectivity index (χ2n) is 4.78. The van der Waals surface area contributed by atoms with Gasteiger partial charge in [0.2, 0.25) is 0 Å². The van der Waals surface area contributed by atoms with E-state index in [4.69, 9.17) is 5.11 Å². The largest absolute Gasteiger partial charge is 0.481 e. The first-order chi connectivity index (χ1) is 10.0. The van der Waals surface area contributed by atoms with E-state index in [1.165, 1.54) is 11.8 Å². The van der Waals surface area contributed by atoms with Crippen molar-refractivity contribution < 1.29 is 9.90 Å². The lowest BCUT2D eigenvalue weighted by Crippen LogP contribution is -2.01. The number of carboxylic acid groups (broad SMARTS) is 1. The van der Waals surface area contributed by atoms with Gasteiger partial charge < -0.3 is 5.11 Å². The molecule has 3 aromatic rings. The number of hydrogen-bond donors (Lipinski definition) is 1. The van der Waals surface area contributed by atoms with Gasteiger partial charge in [-0.25, -0.2) is 4.98 Å². The van der Waals surface area contributed by atoms with Gasteiger partial charge in [-0.3, -0.25) is 14.0 Å². The summed E-state index contributed by atoms with van der Waals surface area (Å²) in [5, 5.41) is 13.7. The smallest absolute Gasteiger partial charge is 0.313 e. The molecule has 0 aliphatic carbocycles. The van der Waals surface area contributed by atoms with Gasteiger partial charge >= 0.3 is 5.97 Å². The molecule has 0 atom stereocenters. The lowest BCUT2D eigenvalue weighted by Gasteiger charge is -2.05. The minimum atomic E-state index is -0.860. The van der Waals surface area contributed by atoms with Crippen LogP contribution >= 0.6 is 11.8 Å². The van der Waals surface area contributed by atoms with Crippen LogP contribution in [0.1, 0.15) is 5.56 Å². The molecule has 0 amide bonds. The summed E-state index contributed by atoms with van der Waals surface area (Å²) in [5.74, 6) is -0.885. The fourth-order valence-corrected chi connectivity index (χ4v) is 2.91. The molecule has 7 heteroatoms. The number of hydrogen-bond acceptors (Lipinski definition) is 4. The topological polar surface area (TPSA) is 72.9 Å². The average molecular weight is 302 g/mol. The maximum atomic E-state index is 10.8. The molecule has 0 saturated heterocycles. The van der Waals surface area contributed by atoms with Crippen molar-refractivity contribution in [3.63, 3.8) is 0 Å². The normalized spacial score (nSPS) is 11.1. The van der Waals surface area contributed by atoms with Crippen LogP contribution in [0.5, 0.6) is 0 Å². The summed E-state index contributed by atoms with van der Waals surface area (Å²) < 4.78 is 3.65. The van der Waals surface area contributed by atoms with Crippen molar-refractivity contribution in [2.75, 3.05) is 5.75 Å². The number of imidazole rings is 1. The second kappa shape index (κ2) is 5.25. The van der Waals surface area contributed by atoms with Crippen molar-refractivity contribution in [1.29, 1.82) is 0 Å². The number of benzene rings is 1. The third-order valence-corrected chi connectivity index (χ3v) is 3.98. The number of carboxylic acids is 1. The lowest BCUT2D eigenvalue weighted by atomic mass is 10.2. The molecule has 6 nitrogen and oxygen atoms in total. The molecule has 0 saturated carbocycles. The third-order valence-electron chi connectivity index (χ3n) is 3.05. The Hall–Kier alpha value is -2.28. The van der Waals surface area contributed by atoms with Crippen LogP contribution in [0.3, 0.4) is 0 Å². The van der Waals surface area contributed by atoms with Crippen molar-refractivity contribution in [3.05, 3.63) is 36.2 Å². The van der Waals surface area contributed by atoms with Gasteiger partial charge in [0.15, 0.2) is 5.16 Å². The molecule has 3 rings (SSSR count). The van der Waals surface area contributed by atoms with E-state index in [1.54, 1.807) is 10.9 Å². The molecule has 0 aliphatic heterocycles. The Morgan fingerprint density at radius 2 is 2.24 bits per heavy atom. The van der Waals surface area contributed by atoms with Crippen LogP contribution in [0.2, 0.25) is 0 Å². The SMILES string of the molecule is Cc1ccc2c(c1)nc(SCC(=O)O)n2-c1cnn(C)c1. The van der Waals surface area contributed by atoms with E-state index in [2.05, 4.69) is 10.1 Å². The highest BCUT2D eigenvalue weighted by atomic mass is 32.2. The van der Waals surface area contributed by atoms with Crippen molar-refractivity contribution in [1.82, 2.24) is 19.3 Å². The van der Waals surface area contributed by atoms with Crippen LogP contribution in [-0.2, 0) is 11.8 Å². The quantitative estimate of drug-likeness (QED) is 0.748. The predicted octanol–water partition coefficient (Wildman–Crippen LogP) is 2.24. The molecule has 2 aromatic heterocycles. The first-order valence-electron chi connectivity index (χ1n) is 6.37. The van der Waals surface area contributed by atoms with E-state index >= 15 is 0 Å². The standard InChI is InChI=1S/C14H14N4O2S/c1-9-3-4-12-11(5-9)16-14(21-8-13(19)20)18(12)10-6-15-17(2)7-10/h3-7H,8H2,1-2H3,(H,19,20). The molecule has 108 valence electrons. The number of aryl methyl sites for hydroxylation is 2. The highest BCUT2D eigenvalue weighted by Gasteiger charge is 2.15. The summed E-state index contributed by atoms with van der Waals surface area (Å²) in [5.41, 5.74) is 3.79. The molecule has 0 fully saturated rings. The Labute approximate surface area is 125 Å². The summed E-state index contributed by atoms with van der Waals surface area (Å²) in [6.45, 7) is 2.01. The molecular weight excluding hydrogens is 288 g/mol. The molecule has 2 heterocycles. The molecular formula is C14H14N4O2S. The Balaban J connectivity index is 2.17. The summed E-state index contributed by atoms with van der Waals surface area (Å²) in [6, 6.07) is 6.01. The van der Waals surface area contributed by atoms with E-state index in [-0.39, 0.29) is 5.75 Å². The fraction of sp³-hybridized carbons (Fsp3) is 0.214. The number of carbonyl (C=O) groups is 1. The minimum Gasteiger partial charge on any atom is -0.481 e. The minimum absolute atomic E-state index is 0.0252. The molecule has 0 spiro atoms. The van der Waals surface area contributed by atoms with Crippen LogP contribution in [0.15, 0.2) is 35.7 Å². The van der Waals surface area contributed by atoms with Crippen LogP contribution in [-0.4, -0.2) is 36.2 Å². The van der Waals surface area contributed by atoms with Gasteiger partial charge in [0.05, 0.1) is 28.7 Å². The van der Waals surface area contributed by atoms with Gasteiger partial charge in [-0.1, -0.05) is 17.8 Å². The van der Waals surface area contributed by atoms with E-state index in [9.17, 15) is 4.79 Å². The maximum absolute atomic E-state index is 10.8. The van der Waals surface area contributed by atoms with Crippen LogP contribution in [0.25, 0.3) is 16.7 Å². The Morgan fingerprint density at radius 1 is 1.43 bits per heavy atom. The molecule has 1 aromatic carbocycles. The lowest BCUT2D eigenvalue weighted by molar-refractivity contribution is -0.133. The van der Waals surface area contributed by atoms with E-state index < -0.39 is 5.97 Å². The third kappa shape index (κ3) is 2.64. The Kier molecular flexibility index (Phi) is 3.42. The number of aromatic nitrogens is 4. The molecule has 0 bridgehead atoms. The summed E-state index contributed by atoms with van der Waals surface area (Å²) >= 11 is 1.21. The van der Waals surface area contributed by atoms with Gasteiger partial charge in [0, 0.05) is 13.2 Å². The van der Waals surface area contributed by atoms with Crippen LogP contribution < -0.4 is 0 Å². The van der Waals surface area contributed by atoms with Gasteiger partial charge in [0.1, 0.15) is 0 Å². The summed E-state index contributed by atoms with van der Waals surface area (Å²) in [4.78, 5) is 15.4. The van der Waals surface area contributed by atoms with Gasteiger partial charge in [0.25, 0.3) is 0 Å². The highest BCUT2D eigenvalue weighted by molar-refractivity contribution is 7.99. The number of fused-ring (bicyclic) bond motifs is 1. The van der Waals surface area contributed by atoms with E-state index in [0.717, 1.165) is 22.3 Å². The first-order valence-corrected chi connectivity index (χ1v) is 7.36. The highest BCUT2D eigenvalue weighted by Crippen LogP contribution is 2.28. The van der Waals surface area contributed by atoms with Crippen molar-refractivity contribution in [2.45, 2.75) is 12.1 Å². The van der Waals surface area contributed by atoms with Crippen molar-refractivity contribution >= 4 is 28.8 Å². The van der Waals surface area contributed by atoms with E-state index in [0.29, 0.717) is 5.16 Å². The zero-order valence-corrected chi connectivity index (χ0v) is 12.5. The van der Waals surface area contributed by atoms with Crippen LogP contribution in [0.4, 0.5) is 0 Å². The Morgan fingerprint density at radius 3 is 2.90 bits per heavy atom. The van der Waals surface area contributed by atoms with E-state index in [1.807, 2.05) is 42.9 Å². The monoisotopic (exact) mass is 302 g/mol. The zero-order valence-electron chi connectivity index (χ0n) is 11.6. The molecule has 0 aliphatic rings. The number of rotatable bonds is 4. The average Bonchev–Trinajstić information content (AvgIpc) is 2.98. The summed E-state index contributed by atoms with van der Waals surface area (Å²) in [7, 11) is 1.84. The van der Waals surface area contributed by atoms with Gasteiger partial charge in [-0.05, 0) is 24.6 Å². The number of nitrogens with zero attached hydrogens (tertiary/aromatic N) is 4. The summed E-state index contributed by atoms with van der Waals surface area (Å²) in [6.07, 6.45) is 3.62. The number of thioether (sulfide) groups is 1. The zero-order chi connectivity index (χ0) is 15.0.